The van der Waals surface area contributed by atoms with E-state index in [2.05, 4.69) is 5.32 Å². The molecule has 1 heterocycles. The van der Waals surface area contributed by atoms with E-state index in [0.29, 0.717) is 31.8 Å². The summed E-state index contributed by atoms with van der Waals surface area (Å²) in [4.78, 5) is 13.4. The summed E-state index contributed by atoms with van der Waals surface area (Å²) in [6, 6.07) is 1.10. The van der Waals surface area contributed by atoms with Gasteiger partial charge in [0.05, 0.1) is 0 Å². The van der Waals surface area contributed by atoms with E-state index in [1.54, 1.807) is 0 Å². The lowest BCUT2D eigenvalue weighted by Gasteiger charge is -2.32. The average Bonchev–Trinajstić information content (AvgIpc) is 2.27. The molecule has 106 valence electrons. The van der Waals surface area contributed by atoms with Crippen molar-refractivity contribution in [3.05, 3.63) is 35.1 Å². The van der Waals surface area contributed by atoms with Gasteiger partial charge in [0.15, 0.2) is 0 Å². The summed E-state index contributed by atoms with van der Waals surface area (Å²) in [7, 11) is 0. The molecule has 2 rings (SSSR count). The summed E-state index contributed by atoms with van der Waals surface area (Å²) in [5, 5.41) is 3.12. The minimum Gasteiger partial charge on any atom is -0.336 e. The second kappa shape index (κ2) is 6.25. The lowest BCUT2D eigenvalue weighted by Crippen LogP contribution is -2.51. The maximum absolute atomic E-state index is 13.5. The lowest BCUT2D eigenvalue weighted by atomic mass is 10.1. The van der Waals surface area contributed by atoms with Crippen molar-refractivity contribution >= 4 is 18.3 Å². The first-order valence-corrected chi connectivity index (χ1v) is 5.66. The van der Waals surface area contributed by atoms with Gasteiger partial charge in [0, 0.05) is 37.8 Å². The topological polar surface area (TPSA) is 32.3 Å². The fourth-order valence-electron chi connectivity index (χ4n) is 2.02. The first kappa shape index (κ1) is 15.8. The van der Waals surface area contributed by atoms with Crippen LogP contribution in [0.1, 0.15) is 17.3 Å². The quantitative estimate of drug-likeness (QED) is 0.859. The van der Waals surface area contributed by atoms with E-state index in [4.69, 9.17) is 0 Å². The molecule has 1 saturated heterocycles. The average molecular weight is 295 g/mol. The zero-order valence-corrected chi connectivity index (χ0v) is 11.1. The van der Waals surface area contributed by atoms with Crippen LogP contribution < -0.4 is 5.32 Å². The summed E-state index contributed by atoms with van der Waals surface area (Å²) in [5.74, 6) is -4.10. The summed E-state index contributed by atoms with van der Waals surface area (Å²) in [5.41, 5.74) is -0.689. The fourth-order valence-corrected chi connectivity index (χ4v) is 2.02. The maximum atomic E-state index is 13.5. The van der Waals surface area contributed by atoms with Crippen molar-refractivity contribution in [3.8, 4) is 0 Å². The molecule has 1 atom stereocenters. The highest BCUT2D eigenvalue weighted by atomic mass is 35.5. The van der Waals surface area contributed by atoms with Gasteiger partial charge in [0.25, 0.3) is 5.91 Å². The van der Waals surface area contributed by atoms with Crippen LogP contribution in [0.5, 0.6) is 0 Å². The van der Waals surface area contributed by atoms with Gasteiger partial charge in [-0.2, -0.15) is 0 Å². The van der Waals surface area contributed by atoms with Crippen LogP contribution in [0, 0.1) is 17.5 Å². The number of hydrogen-bond donors (Lipinski definition) is 1. The third kappa shape index (κ3) is 3.39. The normalized spacial score (nSPS) is 18.9. The number of benzene rings is 1. The standard InChI is InChI=1S/C12H13F3N2O.ClH/c1-7-6-17(3-2-16-7)12(18)11-9(14)4-8(13)5-10(11)15;/h4-5,7,16H,2-3,6H2,1H3;1H/t7-;/m0./s1. The molecule has 1 N–H and O–H groups in total. The molecule has 1 aromatic carbocycles. The molecule has 0 unspecified atom stereocenters. The number of hydrogen-bond acceptors (Lipinski definition) is 2. The van der Waals surface area contributed by atoms with E-state index in [0.717, 1.165) is 0 Å². The highest BCUT2D eigenvalue weighted by Gasteiger charge is 2.26. The van der Waals surface area contributed by atoms with Crippen LogP contribution >= 0.6 is 12.4 Å². The van der Waals surface area contributed by atoms with E-state index in [9.17, 15) is 18.0 Å². The Kier molecular flexibility index (Phi) is 5.20. The Morgan fingerprint density at radius 1 is 1.32 bits per heavy atom. The van der Waals surface area contributed by atoms with Crippen LogP contribution in [-0.2, 0) is 0 Å². The van der Waals surface area contributed by atoms with Gasteiger partial charge in [0.2, 0.25) is 0 Å². The first-order chi connectivity index (χ1) is 8.49. The molecule has 19 heavy (non-hydrogen) atoms. The number of nitrogens with zero attached hydrogens (tertiary/aromatic N) is 1. The van der Waals surface area contributed by atoms with Gasteiger partial charge >= 0.3 is 0 Å². The third-order valence-electron chi connectivity index (χ3n) is 2.88. The Morgan fingerprint density at radius 2 is 1.89 bits per heavy atom. The van der Waals surface area contributed by atoms with Crippen molar-refractivity contribution < 1.29 is 18.0 Å². The second-order valence-electron chi connectivity index (χ2n) is 4.35. The lowest BCUT2D eigenvalue weighted by molar-refractivity contribution is 0.0699. The van der Waals surface area contributed by atoms with E-state index in [1.165, 1.54) is 4.90 Å². The minimum absolute atomic E-state index is 0. The molecule has 0 bridgehead atoms. The van der Waals surface area contributed by atoms with E-state index in [-0.39, 0.29) is 18.4 Å². The van der Waals surface area contributed by atoms with E-state index in [1.807, 2.05) is 6.92 Å². The first-order valence-electron chi connectivity index (χ1n) is 5.66. The molecule has 7 heteroatoms. The molecule has 1 aliphatic heterocycles. The van der Waals surface area contributed by atoms with Gasteiger partial charge in [-0.3, -0.25) is 4.79 Å². The Bertz CT molecular complexity index is 461. The van der Waals surface area contributed by atoms with Crippen LogP contribution in [0.15, 0.2) is 12.1 Å². The molecule has 1 amide bonds. The molecule has 3 nitrogen and oxygen atoms in total. The predicted molar refractivity (Wildman–Crippen MR) is 66.9 cm³/mol. The summed E-state index contributed by atoms with van der Waals surface area (Å²) < 4.78 is 39.7. The van der Waals surface area contributed by atoms with Crippen molar-refractivity contribution in [1.82, 2.24) is 10.2 Å². The monoisotopic (exact) mass is 294 g/mol. The van der Waals surface area contributed by atoms with Crippen LogP contribution in [0.25, 0.3) is 0 Å². The van der Waals surface area contributed by atoms with Crippen LogP contribution in [0.3, 0.4) is 0 Å². The third-order valence-corrected chi connectivity index (χ3v) is 2.88. The van der Waals surface area contributed by atoms with Crippen LogP contribution in [-0.4, -0.2) is 36.5 Å². The second-order valence-corrected chi connectivity index (χ2v) is 4.35. The van der Waals surface area contributed by atoms with Crippen LogP contribution in [0.2, 0.25) is 0 Å². The zero-order valence-electron chi connectivity index (χ0n) is 10.3. The number of rotatable bonds is 1. The summed E-state index contributed by atoms with van der Waals surface area (Å²) in [6.07, 6.45) is 0. The van der Waals surface area contributed by atoms with Gasteiger partial charge in [-0.1, -0.05) is 0 Å². The Morgan fingerprint density at radius 3 is 2.42 bits per heavy atom. The van der Waals surface area contributed by atoms with Crippen LogP contribution in [0.4, 0.5) is 13.2 Å². The van der Waals surface area contributed by atoms with Crippen molar-refractivity contribution in [2.45, 2.75) is 13.0 Å². The smallest absolute Gasteiger partial charge is 0.259 e. The number of nitrogens with one attached hydrogen (secondary N) is 1. The summed E-state index contributed by atoms with van der Waals surface area (Å²) in [6.45, 7) is 3.18. The SMILES string of the molecule is C[C@H]1CN(C(=O)c2c(F)cc(F)cc2F)CCN1.Cl. The van der Waals surface area contributed by atoms with Gasteiger partial charge < -0.3 is 10.2 Å². The number of piperazine rings is 1. The van der Waals surface area contributed by atoms with Gasteiger partial charge in [-0.15, -0.1) is 12.4 Å². The highest BCUT2D eigenvalue weighted by molar-refractivity contribution is 5.94. The van der Waals surface area contributed by atoms with Crippen molar-refractivity contribution in [3.63, 3.8) is 0 Å². The van der Waals surface area contributed by atoms with Gasteiger partial charge in [-0.25, -0.2) is 13.2 Å². The number of carbonyl (C=O) groups is 1. The molecule has 0 spiro atoms. The van der Waals surface area contributed by atoms with Crippen molar-refractivity contribution in [2.24, 2.45) is 0 Å². The fraction of sp³-hybridized carbons (Fsp3) is 0.417. The highest BCUT2D eigenvalue weighted by Crippen LogP contribution is 2.17. The Hall–Kier alpha value is -1.27. The molecular weight excluding hydrogens is 281 g/mol. The maximum Gasteiger partial charge on any atom is 0.259 e. The zero-order chi connectivity index (χ0) is 13.3. The van der Waals surface area contributed by atoms with E-state index < -0.39 is 28.9 Å². The number of halogens is 4. The molecule has 0 radical (unpaired) electrons. The summed E-state index contributed by atoms with van der Waals surface area (Å²) >= 11 is 0. The minimum atomic E-state index is -1.16. The van der Waals surface area contributed by atoms with Gasteiger partial charge in [-0.05, 0) is 6.92 Å². The number of amides is 1. The molecule has 1 aliphatic rings. The number of carbonyl (C=O) groups excluding carboxylic acids is 1. The molecule has 1 aromatic rings. The molecular formula is C12H14ClF3N2O. The van der Waals surface area contributed by atoms with Crippen molar-refractivity contribution in [2.75, 3.05) is 19.6 Å². The molecule has 0 aromatic heterocycles. The Labute approximate surface area is 115 Å². The largest absolute Gasteiger partial charge is 0.336 e. The predicted octanol–water partition coefficient (Wildman–Crippen LogP) is 1.96. The Balaban J connectivity index is 0.00000180. The van der Waals surface area contributed by atoms with E-state index >= 15 is 0 Å². The van der Waals surface area contributed by atoms with Crippen molar-refractivity contribution in [1.29, 1.82) is 0 Å². The van der Waals surface area contributed by atoms with Gasteiger partial charge in [0.1, 0.15) is 23.0 Å². The molecule has 1 fully saturated rings. The molecule has 0 aliphatic carbocycles. The molecule has 0 saturated carbocycles.